The molecular weight excluding hydrogens is 449 g/mol. The Labute approximate surface area is 193 Å². The van der Waals surface area contributed by atoms with Gasteiger partial charge < -0.3 is 9.64 Å². The summed E-state index contributed by atoms with van der Waals surface area (Å²) in [6.45, 7) is 0.166. The van der Waals surface area contributed by atoms with Crippen molar-refractivity contribution in [1.82, 2.24) is 9.91 Å². The Kier molecular flexibility index (Phi) is 7.09. The fourth-order valence-electron chi connectivity index (χ4n) is 3.53. The van der Waals surface area contributed by atoms with Crippen molar-refractivity contribution in [2.75, 3.05) is 26.8 Å². The molecule has 9 heteroatoms. The van der Waals surface area contributed by atoms with E-state index in [-0.39, 0.29) is 37.2 Å². The molecule has 0 fully saturated rings. The zero-order chi connectivity index (χ0) is 22.5. The van der Waals surface area contributed by atoms with E-state index < -0.39 is 11.7 Å². The van der Waals surface area contributed by atoms with Gasteiger partial charge in [0, 0.05) is 25.0 Å². The number of halogens is 1. The first kappa shape index (κ1) is 22.3. The van der Waals surface area contributed by atoms with E-state index in [4.69, 9.17) is 4.74 Å². The maximum Gasteiger partial charge on any atom is 0.262 e. The van der Waals surface area contributed by atoms with Crippen molar-refractivity contribution >= 4 is 40.2 Å². The van der Waals surface area contributed by atoms with E-state index in [9.17, 15) is 14.0 Å². The number of rotatable bonds is 8. The highest BCUT2D eigenvalue weighted by Gasteiger charge is 2.35. The second kappa shape index (κ2) is 10.2. The van der Waals surface area contributed by atoms with Gasteiger partial charge in [-0.3, -0.25) is 9.59 Å². The zero-order valence-electron chi connectivity index (χ0n) is 17.4. The first-order valence-corrected chi connectivity index (χ1v) is 11.8. The van der Waals surface area contributed by atoms with Gasteiger partial charge in [0.1, 0.15) is 12.4 Å². The molecule has 1 aliphatic heterocycles. The molecule has 0 bridgehead atoms. The number of hydrogen-bond donors (Lipinski definition) is 0. The second-order valence-electron chi connectivity index (χ2n) is 7.20. The van der Waals surface area contributed by atoms with Gasteiger partial charge in [0.25, 0.3) is 11.8 Å². The van der Waals surface area contributed by atoms with Crippen LogP contribution in [0.4, 0.5) is 4.39 Å². The monoisotopic (exact) mass is 471 g/mol. The highest BCUT2D eigenvalue weighted by Crippen LogP contribution is 2.36. The van der Waals surface area contributed by atoms with Crippen molar-refractivity contribution in [2.24, 2.45) is 5.10 Å². The number of hydrazone groups is 1. The average Bonchev–Trinajstić information content (AvgIpc) is 3.56. The Bertz CT molecular complexity index is 1100. The van der Waals surface area contributed by atoms with E-state index in [1.807, 2.05) is 35.0 Å². The maximum absolute atomic E-state index is 14.2. The molecule has 32 heavy (non-hydrogen) atoms. The summed E-state index contributed by atoms with van der Waals surface area (Å²) in [4.78, 5) is 29.7. The van der Waals surface area contributed by atoms with Crippen LogP contribution in [0.5, 0.6) is 0 Å². The highest BCUT2D eigenvalue weighted by molar-refractivity contribution is 7.12. The van der Waals surface area contributed by atoms with Crippen LogP contribution in [0.3, 0.4) is 0 Å². The summed E-state index contributed by atoms with van der Waals surface area (Å²) in [6, 6.07) is 13.4. The van der Waals surface area contributed by atoms with Gasteiger partial charge in [0.05, 0.1) is 28.8 Å². The summed E-state index contributed by atoms with van der Waals surface area (Å²) in [7, 11) is 1.51. The molecule has 0 N–H and O–H groups in total. The number of methoxy groups -OCH3 is 1. The summed E-state index contributed by atoms with van der Waals surface area (Å²) >= 11 is 3.14. The predicted molar refractivity (Wildman–Crippen MR) is 124 cm³/mol. The third-order valence-corrected chi connectivity index (χ3v) is 7.02. The fraction of sp³-hybridized carbons (Fsp3) is 0.261. The minimum Gasteiger partial charge on any atom is -0.383 e. The van der Waals surface area contributed by atoms with Crippen molar-refractivity contribution in [3.8, 4) is 0 Å². The van der Waals surface area contributed by atoms with Crippen LogP contribution in [-0.2, 0) is 9.53 Å². The van der Waals surface area contributed by atoms with Gasteiger partial charge in [0.2, 0.25) is 0 Å². The molecule has 1 aliphatic rings. The van der Waals surface area contributed by atoms with Gasteiger partial charge >= 0.3 is 0 Å². The molecule has 3 heterocycles. The van der Waals surface area contributed by atoms with E-state index in [0.717, 1.165) is 15.5 Å². The summed E-state index contributed by atoms with van der Waals surface area (Å²) in [5.74, 6) is -1.50. The molecule has 0 saturated carbocycles. The van der Waals surface area contributed by atoms with E-state index in [2.05, 4.69) is 5.10 Å². The molecule has 0 aliphatic carbocycles. The van der Waals surface area contributed by atoms with Gasteiger partial charge in [-0.25, -0.2) is 9.40 Å². The SMILES string of the molecule is COCCN(CC(=O)N1N=C(c2cccs2)C[C@H]1c1cccs1)C(=O)c1ccccc1F. The lowest BCUT2D eigenvalue weighted by atomic mass is 10.1. The van der Waals surface area contributed by atoms with Crippen molar-refractivity contribution in [3.63, 3.8) is 0 Å². The fourth-order valence-corrected chi connectivity index (χ4v) is 5.06. The molecule has 2 aromatic heterocycles. The van der Waals surface area contributed by atoms with Crippen LogP contribution in [-0.4, -0.2) is 54.2 Å². The number of carbonyl (C=O) groups excluding carboxylic acids is 2. The Hall–Kier alpha value is -2.88. The highest BCUT2D eigenvalue weighted by atomic mass is 32.1. The van der Waals surface area contributed by atoms with Gasteiger partial charge in [-0.15, -0.1) is 22.7 Å². The number of hydrogen-bond acceptors (Lipinski definition) is 6. The number of thiophene rings is 2. The van der Waals surface area contributed by atoms with E-state index in [0.29, 0.717) is 6.42 Å². The van der Waals surface area contributed by atoms with Crippen LogP contribution in [0.1, 0.15) is 32.6 Å². The molecule has 166 valence electrons. The van der Waals surface area contributed by atoms with Crippen LogP contribution in [0.15, 0.2) is 64.4 Å². The minimum atomic E-state index is -0.622. The van der Waals surface area contributed by atoms with E-state index >= 15 is 0 Å². The van der Waals surface area contributed by atoms with Crippen LogP contribution in [0, 0.1) is 5.82 Å². The molecule has 0 unspecified atom stereocenters. The first-order valence-electron chi connectivity index (χ1n) is 10.1. The smallest absolute Gasteiger partial charge is 0.262 e. The molecular formula is C23H22FN3O3S2. The number of carbonyl (C=O) groups is 2. The molecule has 4 rings (SSSR count). The second-order valence-corrected chi connectivity index (χ2v) is 9.12. The molecule has 0 radical (unpaired) electrons. The summed E-state index contributed by atoms with van der Waals surface area (Å²) in [6.07, 6.45) is 0.603. The third kappa shape index (κ3) is 4.79. The Morgan fingerprint density at radius 3 is 2.62 bits per heavy atom. The van der Waals surface area contributed by atoms with Crippen molar-refractivity contribution in [1.29, 1.82) is 0 Å². The lowest BCUT2D eigenvalue weighted by Gasteiger charge is -2.26. The van der Waals surface area contributed by atoms with Gasteiger partial charge in [0.15, 0.2) is 0 Å². The van der Waals surface area contributed by atoms with Gasteiger partial charge in [-0.1, -0.05) is 24.3 Å². The molecule has 2 amide bonds. The van der Waals surface area contributed by atoms with E-state index in [1.54, 1.807) is 28.7 Å². The molecule has 1 atom stereocenters. The van der Waals surface area contributed by atoms with Crippen LogP contribution in [0.2, 0.25) is 0 Å². The Balaban J connectivity index is 1.59. The number of benzene rings is 1. The molecule has 3 aromatic rings. The van der Waals surface area contributed by atoms with Crippen LogP contribution in [0.25, 0.3) is 0 Å². The Morgan fingerprint density at radius 2 is 1.94 bits per heavy atom. The summed E-state index contributed by atoms with van der Waals surface area (Å²) in [5.41, 5.74) is 0.769. The maximum atomic E-state index is 14.2. The average molecular weight is 472 g/mol. The van der Waals surface area contributed by atoms with Crippen LogP contribution >= 0.6 is 22.7 Å². The van der Waals surface area contributed by atoms with Gasteiger partial charge in [-0.2, -0.15) is 5.10 Å². The van der Waals surface area contributed by atoms with Crippen LogP contribution < -0.4 is 0 Å². The van der Waals surface area contributed by atoms with Gasteiger partial charge in [-0.05, 0) is 35.0 Å². The van der Waals surface area contributed by atoms with Crippen molar-refractivity contribution in [3.05, 3.63) is 80.4 Å². The number of nitrogens with zero attached hydrogens (tertiary/aromatic N) is 3. The standard InChI is InChI=1S/C23H22FN3O3S2/c1-30-11-10-26(23(29)16-6-2-3-7-17(16)24)15-22(28)27-19(21-9-5-13-32-21)14-18(25-27)20-8-4-12-31-20/h2-9,12-13,19H,10-11,14-15H2,1H3/t19-/m0/s1. The first-order chi connectivity index (χ1) is 15.6. The van der Waals surface area contributed by atoms with E-state index in [1.165, 1.54) is 35.2 Å². The molecule has 1 aromatic carbocycles. The normalized spacial score (nSPS) is 15.6. The molecule has 0 saturated heterocycles. The quantitative estimate of drug-likeness (QED) is 0.489. The topological polar surface area (TPSA) is 62.2 Å². The van der Waals surface area contributed by atoms with Crippen molar-refractivity contribution < 1.29 is 18.7 Å². The number of ether oxygens (including phenoxy) is 1. The minimum absolute atomic E-state index is 0.0737. The third-order valence-electron chi connectivity index (χ3n) is 5.13. The Morgan fingerprint density at radius 1 is 1.16 bits per heavy atom. The predicted octanol–water partition coefficient (Wildman–Crippen LogP) is 4.42. The molecule has 6 nitrogen and oxygen atoms in total. The summed E-state index contributed by atoms with van der Waals surface area (Å²) < 4.78 is 19.3. The zero-order valence-corrected chi connectivity index (χ0v) is 19.1. The lowest BCUT2D eigenvalue weighted by Crippen LogP contribution is -2.43. The largest absolute Gasteiger partial charge is 0.383 e. The molecule has 0 spiro atoms. The summed E-state index contributed by atoms with van der Waals surface area (Å²) in [5, 5.41) is 10.0. The van der Waals surface area contributed by atoms with Crippen molar-refractivity contribution in [2.45, 2.75) is 12.5 Å². The number of amides is 2. The lowest BCUT2D eigenvalue weighted by molar-refractivity contribution is -0.133.